The van der Waals surface area contributed by atoms with Crippen LogP contribution in [0.5, 0.6) is 0 Å². The molecule has 0 fully saturated rings. The lowest BCUT2D eigenvalue weighted by Gasteiger charge is -2.06. The van der Waals surface area contributed by atoms with E-state index < -0.39 is 0 Å². The minimum absolute atomic E-state index is 0.945. The van der Waals surface area contributed by atoms with Crippen LogP contribution in [0.4, 0.5) is 5.69 Å². The van der Waals surface area contributed by atoms with Gasteiger partial charge >= 0.3 is 0 Å². The molecule has 2 aromatic carbocycles. The number of halogens is 1. The molecule has 0 bridgehead atoms. The molecular formula is C14H13BrN. The third-order valence-electron chi connectivity index (χ3n) is 2.35. The minimum atomic E-state index is 0.945. The van der Waals surface area contributed by atoms with Gasteiger partial charge in [-0.2, -0.15) is 0 Å². The second-order valence-electron chi connectivity index (χ2n) is 3.60. The summed E-state index contributed by atoms with van der Waals surface area (Å²) in [4.78, 5) is 0. The predicted molar refractivity (Wildman–Crippen MR) is 71.6 cm³/mol. The molecule has 0 aromatic heterocycles. The zero-order valence-corrected chi connectivity index (χ0v) is 10.5. The summed E-state index contributed by atoms with van der Waals surface area (Å²) in [6.45, 7) is 0.945. The summed E-state index contributed by atoms with van der Waals surface area (Å²) < 4.78 is 1.14. The van der Waals surface area contributed by atoms with Gasteiger partial charge in [0.15, 0.2) is 0 Å². The van der Waals surface area contributed by atoms with Crippen molar-refractivity contribution in [2.75, 3.05) is 11.9 Å². The van der Waals surface area contributed by atoms with E-state index in [1.165, 1.54) is 5.56 Å². The van der Waals surface area contributed by atoms with E-state index in [0.717, 1.165) is 23.1 Å². The highest BCUT2D eigenvalue weighted by atomic mass is 79.9. The van der Waals surface area contributed by atoms with E-state index in [0.29, 0.717) is 0 Å². The third-order valence-corrected chi connectivity index (χ3v) is 2.84. The van der Waals surface area contributed by atoms with Crippen LogP contribution in [-0.2, 0) is 6.42 Å². The van der Waals surface area contributed by atoms with Crippen LogP contribution < -0.4 is 5.32 Å². The molecule has 0 unspecified atom stereocenters. The normalized spacial score (nSPS) is 10.1. The fourth-order valence-corrected chi connectivity index (χ4v) is 2.00. The lowest BCUT2D eigenvalue weighted by atomic mass is 10.1. The van der Waals surface area contributed by atoms with Gasteiger partial charge < -0.3 is 5.32 Å². The van der Waals surface area contributed by atoms with Crippen LogP contribution in [0.15, 0.2) is 53.0 Å². The second kappa shape index (κ2) is 5.71. The average Bonchev–Trinajstić information content (AvgIpc) is 2.30. The number of hydrogen-bond acceptors (Lipinski definition) is 1. The Bertz CT molecular complexity index is 439. The van der Waals surface area contributed by atoms with Gasteiger partial charge in [-0.25, -0.2) is 0 Å². The van der Waals surface area contributed by atoms with Gasteiger partial charge in [0.25, 0.3) is 0 Å². The Morgan fingerprint density at radius 3 is 2.69 bits per heavy atom. The number of rotatable bonds is 4. The number of benzene rings is 2. The van der Waals surface area contributed by atoms with Crippen LogP contribution in [0, 0.1) is 6.07 Å². The lowest BCUT2D eigenvalue weighted by molar-refractivity contribution is 1.02. The fourth-order valence-electron chi connectivity index (χ4n) is 1.55. The van der Waals surface area contributed by atoms with E-state index in [9.17, 15) is 0 Å². The van der Waals surface area contributed by atoms with Crippen molar-refractivity contribution in [1.29, 1.82) is 0 Å². The first-order valence-electron chi connectivity index (χ1n) is 5.29. The van der Waals surface area contributed by atoms with Crippen molar-refractivity contribution in [1.82, 2.24) is 0 Å². The summed E-state index contributed by atoms with van der Waals surface area (Å²) in [5, 5.41) is 3.38. The van der Waals surface area contributed by atoms with Gasteiger partial charge in [-0.1, -0.05) is 40.2 Å². The number of hydrogen-bond donors (Lipinski definition) is 1. The largest absolute Gasteiger partial charge is 0.385 e. The monoisotopic (exact) mass is 274 g/mol. The first-order chi connectivity index (χ1) is 7.84. The first-order valence-corrected chi connectivity index (χ1v) is 6.08. The first kappa shape index (κ1) is 11.2. The summed E-state index contributed by atoms with van der Waals surface area (Å²) >= 11 is 3.47. The molecule has 81 valence electrons. The van der Waals surface area contributed by atoms with Crippen molar-refractivity contribution in [3.8, 4) is 0 Å². The second-order valence-corrected chi connectivity index (χ2v) is 4.51. The Morgan fingerprint density at radius 1 is 1.12 bits per heavy atom. The third kappa shape index (κ3) is 3.38. The van der Waals surface area contributed by atoms with Crippen LogP contribution in [0.3, 0.4) is 0 Å². The van der Waals surface area contributed by atoms with Gasteiger partial charge in [0, 0.05) is 16.7 Å². The maximum atomic E-state index is 3.47. The molecule has 0 aliphatic rings. The number of anilines is 1. The van der Waals surface area contributed by atoms with Gasteiger partial charge in [0.05, 0.1) is 0 Å². The van der Waals surface area contributed by atoms with E-state index in [4.69, 9.17) is 0 Å². The SMILES string of the molecule is Brc1cccc(CCNc2cc[c]cc2)c1. The molecule has 2 rings (SSSR count). The molecule has 0 saturated carbocycles. The van der Waals surface area contributed by atoms with Crippen molar-refractivity contribution < 1.29 is 0 Å². The van der Waals surface area contributed by atoms with Crippen LogP contribution in [0.25, 0.3) is 0 Å². The molecule has 1 radical (unpaired) electrons. The quantitative estimate of drug-likeness (QED) is 0.892. The standard InChI is InChI=1S/C14H13BrN/c15-13-6-4-5-12(11-13)9-10-16-14-7-2-1-3-8-14/h2-8,11,16H,9-10H2. The molecule has 0 spiro atoms. The molecule has 16 heavy (non-hydrogen) atoms. The smallest absolute Gasteiger partial charge is 0.0340 e. The van der Waals surface area contributed by atoms with E-state index in [1.807, 2.05) is 30.3 Å². The van der Waals surface area contributed by atoms with Crippen LogP contribution in [-0.4, -0.2) is 6.54 Å². The average molecular weight is 275 g/mol. The highest BCUT2D eigenvalue weighted by Gasteiger charge is 1.94. The topological polar surface area (TPSA) is 12.0 Å². The summed E-state index contributed by atoms with van der Waals surface area (Å²) in [7, 11) is 0. The van der Waals surface area contributed by atoms with E-state index in [-0.39, 0.29) is 0 Å². The summed E-state index contributed by atoms with van der Waals surface area (Å²) in [6, 6.07) is 19.3. The van der Waals surface area contributed by atoms with Crippen molar-refractivity contribution in [3.63, 3.8) is 0 Å². The molecule has 0 aliphatic heterocycles. The maximum absolute atomic E-state index is 3.47. The van der Waals surface area contributed by atoms with Gasteiger partial charge in [-0.05, 0) is 42.3 Å². The Balaban J connectivity index is 1.85. The van der Waals surface area contributed by atoms with Crippen LogP contribution in [0.1, 0.15) is 5.56 Å². The summed E-state index contributed by atoms with van der Waals surface area (Å²) in [5.74, 6) is 0. The lowest BCUT2D eigenvalue weighted by Crippen LogP contribution is -2.04. The van der Waals surface area contributed by atoms with Crippen LogP contribution in [0.2, 0.25) is 0 Å². The molecule has 0 aliphatic carbocycles. The van der Waals surface area contributed by atoms with E-state index >= 15 is 0 Å². The molecular weight excluding hydrogens is 262 g/mol. The molecule has 1 nitrogen and oxygen atoms in total. The van der Waals surface area contributed by atoms with E-state index in [1.54, 1.807) is 0 Å². The molecule has 2 heteroatoms. The molecule has 0 saturated heterocycles. The van der Waals surface area contributed by atoms with Crippen molar-refractivity contribution in [2.24, 2.45) is 0 Å². The van der Waals surface area contributed by atoms with E-state index in [2.05, 4.69) is 45.5 Å². The number of nitrogens with one attached hydrogen (secondary N) is 1. The Morgan fingerprint density at radius 2 is 1.94 bits per heavy atom. The fraction of sp³-hybridized carbons (Fsp3) is 0.143. The Hall–Kier alpha value is -1.28. The molecule has 0 heterocycles. The highest BCUT2D eigenvalue weighted by molar-refractivity contribution is 9.10. The summed E-state index contributed by atoms with van der Waals surface area (Å²) in [6.07, 6.45) is 1.03. The van der Waals surface area contributed by atoms with Gasteiger partial charge in [0.1, 0.15) is 0 Å². The molecule has 0 amide bonds. The van der Waals surface area contributed by atoms with Crippen LogP contribution >= 0.6 is 15.9 Å². The van der Waals surface area contributed by atoms with Gasteiger partial charge in [-0.3, -0.25) is 0 Å². The van der Waals surface area contributed by atoms with Crippen molar-refractivity contribution >= 4 is 21.6 Å². The molecule has 1 N–H and O–H groups in total. The van der Waals surface area contributed by atoms with Gasteiger partial charge in [0.2, 0.25) is 0 Å². The maximum Gasteiger partial charge on any atom is 0.0340 e. The van der Waals surface area contributed by atoms with Crippen molar-refractivity contribution in [3.05, 3.63) is 64.6 Å². The Labute approximate surface area is 105 Å². The van der Waals surface area contributed by atoms with Gasteiger partial charge in [-0.15, -0.1) is 0 Å². The summed E-state index contributed by atoms with van der Waals surface area (Å²) in [5.41, 5.74) is 2.48. The Kier molecular flexibility index (Phi) is 4.00. The zero-order chi connectivity index (χ0) is 11.2. The minimum Gasteiger partial charge on any atom is -0.385 e. The predicted octanol–water partition coefficient (Wildman–Crippen LogP) is 3.90. The highest BCUT2D eigenvalue weighted by Crippen LogP contribution is 2.12. The molecule has 2 aromatic rings. The zero-order valence-electron chi connectivity index (χ0n) is 8.91. The molecule has 0 atom stereocenters. The van der Waals surface area contributed by atoms with Crippen molar-refractivity contribution in [2.45, 2.75) is 6.42 Å².